The molecule has 1 aliphatic heterocycles. The largest absolute Gasteiger partial charge is 0.356 e. The molecule has 1 saturated heterocycles. The summed E-state index contributed by atoms with van der Waals surface area (Å²) < 4.78 is 27.1. The molecule has 1 aliphatic rings. The van der Waals surface area contributed by atoms with Crippen molar-refractivity contribution in [3.8, 4) is 0 Å². The van der Waals surface area contributed by atoms with E-state index in [9.17, 15) is 13.2 Å². The van der Waals surface area contributed by atoms with E-state index in [1.54, 1.807) is 12.1 Å². The van der Waals surface area contributed by atoms with Crippen molar-refractivity contribution in [2.75, 3.05) is 26.2 Å². The molecular weight excluding hydrogens is 338 g/mol. The maximum Gasteiger partial charge on any atom is 0.243 e. The van der Waals surface area contributed by atoms with Gasteiger partial charge in [0.1, 0.15) is 0 Å². The number of amides is 1. The first-order valence-corrected chi connectivity index (χ1v) is 10.4. The Bertz CT molecular complexity index is 696. The van der Waals surface area contributed by atoms with E-state index in [-0.39, 0.29) is 11.8 Å². The quantitative estimate of drug-likeness (QED) is 0.715. The van der Waals surface area contributed by atoms with Crippen LogP contribution in [0, 0.1) is 19.8 Å². The van der Waals surface area contributed by atoms with Gasteiger partial charge in [-0.25, -0.2) is 8.42 Å². The van der Waals surface area contributed by atoms with Crippen molar-refractivity contribution < 1.29 is 13.2 Å². The third-order valence-electron chi connectivity index (χ3n) is 4.87. The number of carbonyl (C=O) groups is 1. The van der Waals surface area contributed by atoms with E-state index in [1.807, 2.05) is 19.9 Å². The van der Waals surface area contributed by atoms with Crippen molar-refractivity contribution in [1.29, 1.82) is 0 Å². The van der Waals surface area contributed by atoms with Gasteiger partial charge in [-0.2, -0.15) is 4.31 Å². The number of nitrogens with one attached hydrogen (secondary N) is 1. The van der Waals surface area contributed by atoms with E-state index >= 15 is 0 Å². The molecule has 1 fully saturated rings. The predicted molar refractivity (Wildman–Crippen MR) is 98.7 cm³/mol. The van der Waals surface area contributed by atoms with Gasteiger partial charge in [-0.05, 0) is 69.3 Å². The van der Waals surface area contributed by atoms with Crippen molar-refractivity contribution in [1.82, 2.24) is 9.62 Å². The summed E-state index contributed by atoms with van der Waals surface area (Å²) in [6.45, 7) is 5.91. The van der Waals surface area contributed by atoms with Gasteiger partial charge in [0.2, 0.25) is 15.9 Å². The van der Waals surface area contributed by atoms with Gasteiger partial charge in [-0.1, -0.05) is 6.07 Å². The molecule has 0 saturated carbocycles. The molecular formula is C18H29N3O3S. The summed E-state index contributed by atoms with van der Waals surface area (Å²) in [5, 5.41) is 2.92. The Morgan fingerprint density at radius 2 is 1.88 bits per heavy atom. The van der Waals surface area contributed by atoms with Gasteiger partial charge in [0.05, 0.1) is 4.90 Å². The number of sulfonamides is 1. The first kappa shape index (κ1) is 19.9. The second-order valence-electron chi connectivity index (χ2n) is 6.71. The molecule has 0 unspecified atom stereocenters. The highest BCUT2D eigenvalue weighted by Crippen LogP contribution is 2.25. The highest BCUT2D eigenvalue weighted by molar-refractivity contribution is 7.89. The van der Waals surface area contributed by atoms with Crippen molar-refractivity contribution in [2.24, 2.45) is 11.7 Å². The minimum Gasteiger partial charge on any atom is -0.356 e. The normalized spacial score (nSPS) is 16.8. The van der Waals surface area contributed by atoms with Gasteiger partial charge < -0.3 is 11.1 Å². The molecule has 0 aromatic heterocycles. The van der Waals surface area contributed by atoms with Crippen LogP contribution in [0.1, 0.15) is 36.8 Å². The van der Waals surface area contributed by atoms with E-state index in [2.05, 4.69) is 5.32 Å². The summed E-state index contributed by atoms with van der Waals surface area (Å²) >= 11 is 0. The summed E-state index contributed by atoms with van der Waals surface area (Å²) in [4.78, 5) is 12.5. The average Bonchev–Trinajstić information content (AvgIpc) is 2.61. The van der Waals surface area contributed by atoms with Gasteiger partial charge in [-0.3, -0.25) is 4.79 Å². The zero-order valence-electron chi connectivity index (χ0n) is 15.1. The van der Waals surface area contributed by atoms with Gasteiger partial charge in [0.15, 0.2) is 0 Å². The van der Waals surface area contributed by atoms with Crippen LogP contribution in [-0.2, 0) is 14.8 Å². The van der Waals surface area contributed by atoms with E-state index in [4.69, 9.17) is 5.73 Å². The number of rotatable bonds is 7. The molecule has 0 spiro atoms. The van der Waals surface area contributed by atoms with E-state index in [0.717, 1.165) is 24.0 Å². The number of benzene rings is 1. The SMILES string of the molecule is Cc1ccc(S(=O)(=O)N2CCC(C(=O)NCCCCN)CC2)cc1C. The summed E-state index contributed by atoms with van der Waals surface area (Å²) in [5.74, 6) is -0.0793. The number of nitrogens with zero attached hydrogens (tertiary/aromatic N) is 1. The van der Waals surface area contributed by atoms with E-state index < -0.39 is 10.0 Å². The van der Waals surface area contributed by atoms with Crippen LogP contribution in [0.15, 0.2) is 23.1 Å². The van der Waals surface area contributed by atoms with Gasteiger partial charge in [-0.15, -0.1) is 0 Å². The van der Waals surface area contributed by atoms with Crippen LogP contribution in [0.4, 0.5) is 0 Å². The fourth-order valence-electron chi connectivity index (χ4n) is 3.01. The van der Waals surface area contributed by atoms with Crippen LogP contribution in [0.5, 0.6) is 0 Å². The van der Waals surface area contributed by atoms with Crippen molar-refractivity contribution in [3.05, 3.63) is 29.3 Å². The Morgan fingerprint density at radius 3 is 2.48 bits per heavy atom. The molecule has 3 N–H and O–H groups in total. The lowest BCUT2D eigenvalue weighted by Crippen LogP contribution is -2.43. The molecule has 1 amide bonds. The molecule has 2 rings (SSSR count). The number of piperidine rings is 1. The highest BCUT2D eigenvalue weighted by atomic mass is 32.2. The van der Waals surface area contributed by atoms with Crippen LogP contribution in [0.2, 0.25) is 0 Å². The second kappa shape index (κ2) is 8.78. The zero-order chi connectivity index (χ0) is 18.4. The number of carbonyl (C=O) groups excluding carboxylic acids is 1. The number of nitrogens with two attached hydrogens (primary N) is 1. The molecule has 140 valence electrons. The lowest BCUT2D eigenvalue weighted by molar-refractivity contribution is -0.126. The third kappa shape index (κ3) is 5.03. The van der Waals surface area contributed by atoms with Crippen LogP contribution in [0.25, 0.3) is 0 Å². The maximum absolute atomic E-state index is 12.8. The third-order valence-corrected chi connectivity index (χ3v) is 6.77. The molecule has 1 aromatic carbocycles. The average molecular weight is 368 g/mol. The molecule has 0 radical (unpaired) electrons. The highest BCUT2D eigenvalue weighted by Gasteiger charge is 2.32. The molecule has 6 nitrogen and oxygen atoms in total. The Balaban J connectivity index is 1.92. The number of hydrogen-bond donors (Lipinski definition) is 2. The van der Waals surface area contributed by atoms with Crippen molar-refractivity contribution >= 4 is 15.9 Å². The van der Waals surface area contributed by atoms with Gasteiger partial charge in [0, 0.05) is 25.6 Å². The molecule has 1 aromatic rings. The van der Waals surface area contributed by atoms with Crippen LogP contribution in [-0.4, -0.2) is 44.8 Å². The summed E-state index contributed by atoms with van der Waals surface area (Å²) in [7, 11) is -3.49. The molecule has 25 heavy (non-hydrogen) atoms. The fraction of sp³-hybridized carbons (Fsp3) is 0.611. The monoisotopic (exact) mass is 367 g/mol. The fourth-order valence-corrected chi connectivity index (χ4v) is 4.56. The Morgan fingerprint density at radius 1 is 1.20 bits per heavy atom. The lowest BCUT2D eigenvalue weighted by atomic mass is 9.97. The van der Waals surface area contributed by atoms with Gasteiger partial charge >= 0.3 is 0 Å². The van der Waals surface area contributed by atoms with Crippen molar-refractivity contribution in [3.63, 3.8) is 0 Å². The topological polar surface area (TPSA) is 92.5 Å². The minimum atomic E-state index is -3.49. The lowest BCUT2D eigenvalue weighted by Gasteiger charge is -2.30. The first-order valence-electron chi connectivity index (χ1n) is 8.91. The smallest absolute Gasteiger partial charge is 0.243 e. The van der Waals surface area contributed by atoms with E-state index in [1.165, 1.54) is 4.31 Å². The summed E-state index contributed by atoms with van der Waals surface area (Å²) in [6, 6.07) is 5.22. The predicted octanol–water partition coefficient (Wildman–Crippen LogP) is 1.56. The Kier molecular flexibility index (Phi) is 6.98. The second-order valence-corrected chi connectivity index (χ2v) is 8.65. The Labute approximate surface area is 150 Å². The summed E-state index contributed by atoms with van der Waals surface area (Å²) in [6.07, 6.45) is 2.90. The molecule has 7 heteroatoms. The summed E-state index contributed by atoms with van der Waals surface area (Å²) in [5.41, 5.74) is 7.47. The van der Waals surface area contributed by atoms with E-state index in [0.29, 0.717) is 43.9 Å². The number of hydrogen-bond acceptors (Lipinski definition) is 4. The minimum absolute atomic E-state index is 0.0280. The molecule has 1 heterocycles. The molecule has 0 atom stereocenters. The zero-order valence-corrected chi connectivity index (χ0v) is 15.9. The standard InChI is InChI=1S/C18H29N3O3S/c1-14-5-6-17(13-15(14)2)25(23,24)21-11-7-16(8-12-21)18(22)20-10-4-3-9-19/h5-6,13,16H,3-4,7-12,19H2,1-2H3,(H,20,22). The maximum atomic E-state index is 12.8. The van der Waals surface area contributed by atoms with Crippen LogP contribution in [0.3, 0.4) is 0 Å². The Hall–Kier alpha value is -1.44. The van der Waals surface area contributed by atoms with Crippen LogP contribution >= 0.6 is 0 Å². The molecule has 0 aliphatic carbocycles. The van der Waals surface area contributed by atoms with Crippen molar-refractivity contribution in [2.45, 2.75) is 44.4 Å². The number of aryl methyl sites for hydroxylation is 2. The van der Waals surface area contributed by atoms with Crippen LogP contribution < -0.4 is 11.1 Å². The molecule has 0 bridgehead atoms. The first-order chi connectivity index (χ1) is 11.9. The van der Waals surface area contributed by atoms with Gasteiger partial charge in [0.25, 0.3) is 0 Å². The number of unbranched alkanes of at least 4 members (excludes halogenated alkanes) is 1.